The zero-order valence-corrected chi connectivity index (χ0v) is 14.3. The topological polar surface area (TPSA) is 77.6 Å². The van der Waals surface area contributed by atoms with Gasteiger partial charge in [0.2, 0.25) is 0 Å². The van der Waals surface area contributed by atoms with Crippen molar-refractivity contribution in [2.24, 2.45) is 5.92 Å². The van der Waals surface area contributed by atoms with Gasteiger partial charge in [-0.1, -0.05) is 30.1 Å². The fourth-order valence-electron chi connectivity index (χ4n) is 2.76. The number of amides is 1. The molecule has 0 saturated carbocycles. The number of nitrogens with one attached hydrogen (secondary N) is 2. The van der Waals surface area contributed by atoms with E-state index in [-0.39, 0.29) is 18.1 Å². The summed E-state index contributed by atoms with van der Waals surface area (Å²) in [7, 11) is 1.38. The minimum Gasteiger partial charge on any atom is -0.453 e. The molecule has 0 aromatic carbocycles. The first-order valence-corrected chi connectivity index (χ1v) is 7.91. The van der Waals surface area contributed by atoms with Crippen LogP contribution in [0.15, 0.2) is 0 Å². The van der Waals surface area contributed by atoms with Crippen molar-refractivity contribution >= 4 is 29.3 Å². The number of aromatic amines is 1. The fourth-order valence-corrected chi connectivity index (χ4v) is 3.20. The maximum Gasteiger partial charge on any atom is 0.409 e. The largest absolute Gasteiger partial charge is 0.453 e. The van der Waals surface area contributed by atoms with E-state index in [0.29, 0.717) is 28.8 Å². The number of likely N-dealkylation sites (tertiary alicyclic amines) is 1. The molecule has 3 unspecified atom stereocenters. The van der Waals surface area contributed by atoms with Crippen LogP contribution in [0.2, 0.25) is 10.0 Å². The summed E-state index contributed by atoms with van der Waals surface area (Å²) in [6.07, 6.45) is -0.533. The molecular formula is C14H21Cl2N3O3. The number of aromatic nitrogens is 1. The summed E-state index contributed by atoms with van der Waals surface area (Å²) < 4.78 is 4.74. The number of hydrogen-bond donors (Lipinski definition) is 3. The Morgan fingerprint density at radius 3 is 2.68 bits per heavy atom. The molecule has 0 aliphatic carbocycles. The lowest BCUT2D eigenvalue weighted by atomic mass is 9.94. The zero-order valence-electron chi connectivity index (χ0n) is 12.8. The molecule has 1 fully saturated rings. The molecule has 1 aliphatic heterocycles. The van der Waals surface area contributed by atoms with E-state index in [9.17, 15) is 9.90 Å². The highest BCUT2D eigenvalue weighted by Crippen LogP contribution is 2.32. The van der Waals surface area contributed by atoms with Crippen LogP contribution in [0.4, 0.5) is 4.79 Å². The molecule has 3 atom stereocenters. The third kappa shape index (κ3) is 3.51. The number of piperidine rings is 1. The highest BCUT2D eigenvalue weighted by molar-refractivity contribution is 6.43. The minimum absolute atomic E-state index is 0.0642. The van der Waals surface area contributed by atoms with Crippen LogP contribution in [0.25, 0.3) is 0 Å². The van der Waals surface area contributed by atoms with Crippen molar-refractivity contribution in [2.75, 3.05) is 20.2 Å². The molecule has 1 aromatic rings. The van der Waals surface area contributed by atoms with Crippen molar-refractivity contribution in [2.45, 2.75) is 32.5 Å². The molecule has 8 heteroatoms. The quantitative estimate of drug-likeness (QED) is 0.733. The van der Waals surface area contributed by atoms with E-state index in [4.69, 9.17) is 27.9 Å². The Morgan fingerprint density at radius 2 is 2.18 bits per heavy atom. The van der Waals surface area contributed by atoms with Gasteiger partial charge in [0, 0.05) is 24.8 Å². The summed E-state index contributed by atoms with van der Waals surface area (Å²) >= 11 is 12.1. The molecule has 22 heavy (non-hydrogen) atoms. The van der Waals surface area contributed by atoms with E-state index < -0.39 is 6.23 Å². The van der Waals surface area contributed by atoms with Crippen molar-refractivity contribution in [3.8, 4) is 0 Å². The normalized spacial score (nSPS) is 23.5. The average molecular weight is 350 g/mol. The van der Waals surface area contributed by atoms with Gasteiger partial charge in [0.15, 0.2) is 0 Å². The number of aliphatic hydroxyl groups is 1. The first kappa shape index (κ1) is 17.4. The third-order valence-electron chi connectivity index (χ3n) is 4.06. The second kappa shape index (κ2) is 7.08. The number of methoxy groups -OCH3 is 1. The molecule has 0 spiro atoms. The van der Waals surface area contributed by atoms with Crippen LogP contribution in [0.5, 0.6) is 0 Å². The highest BCUT2D eigenvalue weighted by Gasteiger charge is 2.31. The molecule has 3 N–H and O–H groups in total. The van der Waals surface area contributed by atoms with Crippen LogP contribution < -0.4 is 5.32 Å². The lowest BCUT2D eigenvalue weighted by Gasteiger charge is -2.37. The van der Waals surface area contributed by atoms with Gasteiger partial charge in [-0.25, -0.2) is 4.79 Å². The minimum atomic E-state index is -0.934. The zero-order chi connectivity index (χ0) is 16.4. The maximum atomic E-state index is 11.5. The van der Waals surface area contributed by atoms with Crippen LogP contribution >= 0.6 is 23.2 Å². The smallest absolute Gasteiger partial charge is 0.409 e. The standard InChI is InChI=1S/C14H21Cl2N3O3/c1-7-6-19(14(21)22-3)5-4-9(7)18-13(20)12-11(16)10(15)8(2)17-12/h7,9,13,17-18,20H,4-6H2,1-3H3. The molecule has 2 heterocycles. The average Bonchev–Trinajstić information content (AvgIpc) is 2.76. The van der Waals surface area contributed by atoms with E-state index in [0.717, 1.165) is 12.1 Å². The first-order chi connectivity index (χ1) is 10.3. The number of H-pyrrole nitrogens is 1. The van der Waals surface area contributed by atoms with Crippen molar-refractivity contribution in [3.63, 3.8) is 0 Å². The number of nitrogens with zero attached hydrogens (tertiary/aromatic N) is 1. The molecule has 6 nitrogen and oxygen atoms in total. The number of aliphatic hydroxyl groups excluding tert-OH is 1. The van der Waals surface area contributed by atoms with Crippen molar-refractivity contribution in [3.05, 3.63) is 21.4 Å². The highest BCUT2D eigenvalue weighted by atomic mass is 35.5. The molecule has 2 rings (SSSR count). The second-order valence-electron chi connectivity index (χ2n) is 5.65. The lowest BCUT2D eigenvalue weighted by Crippen LogP contribution is -2.50. The van der Waals surface area contributed by atoms with Crippen molar-refractivity contribution in [1.29, 1.82) is 0 Å². The number of rotatable bonds is 3. The first-order valence-electron chi connectivity index (χ1n) is 7.15. The Bertz CT molecular complexity index is 550. The molecule has 1 amide bonds. The van der Waals surface area contributed by atoms with Crippen molar-refractivity contribution in [1.82, 2.24) is 15.2 Å². The summed E-state index contributed by atoms with van der Waals surface area (Å²) in [4.78, 5) is 16.2. The Kier molecular flexibility index (Phi) is 5.60. The Balaban J connectivity index is 1.99. The summed E-state index contributed by atoms with van der Waals surface area (Å²) in [6, 6.07) is 0.0642. The third-order valence-corrected chi connectivity index (χ3v) is 5.03. The van der Waals surface area contributed by atoms with Gasteiger partial charge in [0.1, 0.15) is 6.23 Å². The van der Waals surface area contributed by atoms with Gasteiger partial charge in [0.05, 0.1) is 22.8 Å². The lowest BCUT2D eigenvalue weighted by molar-refractivity contribution is 0.0645. The molecule has 1 saturated heterocycles. The predicted octanol–water partition coefficient (Wildman–Crippen LogP) is 2.69. The molecule has 1 aliphatic rings. The van der Waals surface area contributed by atoms with E-state index >= 15 is 0 Å². The fraction of sp³-hybridized carbons (Fsp3) is 0.643. The predicted molar refractivity (Wildman–Crippen MR) is 85.2 cm³/mol. The molecule has 0 radical (unpaired) electrons. The maximum absolute atomic E-state index is 11.5. The molecule has 124 valence electrons. The molecule has 0 bridgehead atoms. The van der Waals surface area contributed by atoms with Gasteiger partial charge in [-0.15, -0.1) is 0 Å². The van der Waals surface area contributed by atoms with Crippen molar-refractivity contribution < 1.29 is 14.6 Å². The number of hydrogen-bond acceptors (Lipinski definition) is 4. The van der Waals surface area contributed by atoms with Gasteiger partial charge in [0.25, 0.3) is 0 Å². The van der Waals surface area contributed by atoms with Crippen LogP contribution in [0, 0.1) is 12.8 Å². The second-order valence-corrected chi connectivity index (χ2v) is 6.41. The summed E-state index contributed by atoms with van der Waals surface area (Å²) in [5.41, 5.74) is 1.18. The molecular weight excluding hydrogens is 329 g/mol. The van der Waals surface area contributed by atoms with Crippen LogP contribution in [0.3, 0.4) is 0 Å². The number of halogens is 2. The van der Waals surface area contributed by atoms with Gasteiger partial charge < -0.3 is 19.7 Å². The Morgan fingerprint density at radius 1 is 1.50 bits per heavy atom. The van der Waals surface area contributed by atoms with E-state index in [1.54, 1.807) is 11.8 Å². The summed E-state index contributed by atoms with van der Waals surface area (Å²) in [5.74, 6) is 0.174. The van der Waals surface area contributed by atoms with Gasteiger partial charge >= 0.3 is 6.09 Å². The van der Waals surface area contributed by atoms with E-state index in [1.807, 2.05) is 6.92 Å². The van der Waals surface area contributed by atoms with Gasteiger partial charge in [-0.3, -0.25) is 5.32 Å². The van der Waals surface area contributed by atoms with Crippen LogP contribution in [-0.2, 0) is 4.74 Å². The van der Waals surface area contributed by atoms with Gasteiger partial charge in [-0.05, 0) is 19.3 Å². The number of ether oxygens (including phenoxy) is 1. The van der Waals surface area contributed by atoms with Crippen LogP contribution in [0.1, 0.15) is 31.0 Å². The number of aryl methyl sites for hydroxylation is 1. The summed E-state index contributed by atoms with van der Waals surface area (Å²) in [5, 5.41) is 14.2. The van der Waals surface area contributed by atoms with E-state index in [2.05, 4.69) is 10.3 Å². The van der Waals surface area contributed by atoms with E-state index in [1.165, 1.54) is 7.11 Å². The Hall–Kier alpha value is -0.950. The number of carbonyl (C=O) groups is 1. The monoisotopic (exact) mass is 349 g/mol. The Labute approximate surface area is 139 Å². The van der Waals surface area contributed by atoms with Gasteiger partial charge in [-0.2, -0.15) is 0 Å². The molecule has 1 aromatic heterocycles. The summed E-state index contributed by atoms with van der Waals surface area (Å²) in [6.45, 7) is 4.98. The SMILES string of the molecule is COC(=O)N1CCC(NC(O)c2[nH]c(C)c(Cl)c2Cl)C(C)C1. The number of carbonyl (C=O) groups excluding carboxylic acids is 1. The van der Waals surface area contributed by atoms with Crippen LogP contribution in [-0.4, -0.2) is 47.3 Å².